The first-order chi connectivity index (χ1) is 4.70. The average molecular weight is 124 g/mol. The van der Waals surface area contributed by atoms with Gasteiger partial charge in [0.25, 0.3) is 0 Å². The van der Waals surface area contributed by atoms with Crippen LogP contribution in [-0.2, 0) is 0 Å². The van der Waals surface area contributed by atoms with Crippen molar-refractivity contribution in [1.82, 2.24) is 4.98 Å². The first-order valence-electron chi connectivity index (χ1n) is 2.99. The van der Waals surface area contributed by atoms with E-state index in [-0.39, 0.29) is 6.17 Å². The lowest BCUT2D eigenvalue weighted by Crippen LogP contribution is -2.29. The molecule has 0 radical (unpaired) electrons. The molecule has 0 atom stereocenters. The van der Waals surface area contributed by atoms with E-state index in [1.54, 1.807) is 0 Å². The molecule has 1 aromatic heterocycles. The molecule has 46 valence electrons. The number of pyridine rings is 1. The Labute approximate surface area is 54.5 Å². The summed E-state index contributed by atoms with van der Waals surface area (Å²) in [5.74, 6) is 0. The van der Waals surface area contributed by atoms with Gasteiger partial charge in [0, 0.05) is 12.4 Å². The van der Waals surface area contributed by atoms with Crippen molar-refractivity contribution in [3.8, 4) is 0 Å². The van der Waals surface area contributed by atoms with Crippen LogP contribution in [0.1, 0.15) is 1.37 Å². The van der Waals surface area contributed by atoms with Crippen LogP contribution in [0.25, 0.3) is 0 Å². The standard InChI is InChI=1S/C5H6BNO2/c8-6(9)5-1-3-7-4-2-5/h1-4,8-9H/i3D. The van der Waals surface area contributed by atoms with Gasteiger partial charge in [-0.15, -0.1) is 0 Å². The zero-order valence-corrected chi connectivity index (χ0v) is 4.65. The van der Waals surface area contributed by atoms with Crippen LogP contribution in [0.3, 0.4) is 0 Å². The van der Waals surface area contributed by atoms with Crippen molar-refractivity contribution < 1.29 is 11.4 Å². The third-order valence-corrected chi connectivity index (χ3v) is 0.945. The van der Waals surface area contributed by atoms with Gasteiger partial charge in [0.2, 0.25) is 0 Å². The fourth-order valence-electron chi connectivity index (χ4n) is 0.487. The normalized spacial score (nSPS) is 10.7. The van der Waals surface area contributed by atoms with Gasteiger partial charge in [0.15, 0.2) is 0 Å². The summed E-state index contributed by atoms with van der Waals surface area (Å²) in [5, 5.41) is 17.2. The molecular formula is C5H6BNO2. The summed E-state index contributed by atoms with van der Waals surface area (Å²) in [6.07, 6.45) is 1.39. The quantitative estimate of drug-likeness (QED) is 0.460. The molecule has 0 fully saturated rings. The van der Waals surface area contributed by atoms with Crippen molar-refractivity contribution in [2.45, 2.75) is 0 Å². The number of nitrogens with zero attached hydrogens (tertiary/aromatic N) is 1. The average Bonchev–Trinajstić information content (AvgIpc) is 1.88. The Hall–Kier alpha value is -0.865. The van der Waals surface area contributed by atoms with Crippen LogP contribution in [0.15, 0.2) is 24.5 Å². The van der Waals surface area contributed by atoms with Gasteiger partial charge in [-0.3, -0.25) is 4.98 Å². The lowest BCUT2D eigenvalue weighted by atomic mass is 9.81. The summed E-state index contributed by atoms with van der Waals surface area (Å²) < 4.78 is 7.00. The minimum atomic E-state index is -1.51. The highest BCUT2D eigenvalue weighted by molar-refractivity contribution is 6.58. The molecule has 0 aliphatic rings. The lowest BCUT2D eigenvalue weighted by molar-refractivity contribution is 0.425. The predicted molar refractivity (Wildman–Crippen MR) is 34.1 cm³/mol. The summed E-state index contributed by atoms with van der Waals surface area (Å²) in [5.41, 5.74) is 0.292. The molecule has 1 aromatic rings. The monoisotopic (exact) mass is 124 g/mol. The summed E-state index contributed by atoms with van der Waals surface area (Å²) in [7, 11) is -1.51. The SMILES string of the molecule is [2H]c1cc(B(O)O)ccn1. The molecular weight excluding hydrogens is 117 g/mol. The van der Waals surface area contributed by atoms with Crippen molar-refractivity contribution in [2.75, 3.05) is 0 Å². The molecule has 0 amide bonds. The maximum Gasteiger partial charge on any atom is 0.488 e. The highest BCUT2D eigenvalue weighted by atomic mass is 16.4. The maximum absolute atomic E-state index is 8.59. The van der Waals surface area contributed by atoms with Gasteiger partial charge in [-0.25, -0.2) is 0 Å². The first-order valence-corrected chi connectivity index (χ1v) is 2.49. The Morgan fingerprint density at radius 3 is 2.78 bits per heavy atom. The largest absolute Gasteiger partial charge is 0.488 e. The maximum atomic E-state index is 8.59. The number of hydrogen-bond acceptors (Lipinski definition) is 3. The smallest absolute Gasteiger partial charge is 0.423 e. The fourth-order valence-corrected chi connectivity index (χ4v) is 0.487. The molecule has 1 heterocycles. The van der Waals surface area contributed by atoms with Crippen molar-refractivity contribution in [3.63, 3.8) is 0 Å². The minimum Gasteiger partial charge on any atom is -0.423 e. The minimum absolute atomic E-state index is 0.0330. The summed E-state index contributed by atoms with van der Waals surface area (Å²) in [6.45, 7) is 0. The molecule has 0 aliphatic carbocycles. The second-order valence-electron chi connectivity index (χ2n) is 1.59. The van der Waals surface area contributed by atoms with E-state index in [0.29, 0.717) is 5.46 Å². The lowest BCUT2D eigenvalue weighted by Gasteiger charge is -1.93. The molecule has 0 bridgehead atoms. The summed E-state index contributed by atoms with van der Waals surface area (Å²) >= 11 is 0. The Morgan fingerprint density at radius 1 is 1.56 bits per heavy atom. The van der Waals surface area contributed by atoms with Crippen LogP contribution in [0.4, 0.5) is 0 Å². The number of hydrogen-bond donors (Lipinski definition) is 2. The van der Waals surface area contributed by atoms with Crippen molar-refractivity contribution in [3.05, 3.63) is 24.5 Å². The molecule has 9 heavy (non-hydrogen) atoms. The van der Waals surface area contributed by atoms with Crippen molar-refractivity contribution in [1.29, 1.82) is 0 Å². The molecule has 4 heteroatoms. The molecule has 1 rings (SSSR count). The molecule has 0 saturated heterocycles. The van der Waals surface area contributed by atoms with E-state index in [9.17, 15) is 0 Å². The van der Waals surface area contributed by atoms with Crippen LogP contribution in [0.2, 0.25) is 0 Å². The van der Waals surface area contributed by atoms with Gasteiger partial charge >= 0.3 is 7.12 Å². The van der Waals surface area contributed by atoms with Gasteiger partial charge < -0.3 is 10.0 Å². The topological polar surface area (TPSA) is 53.4 Å². The van der Waals surface area contributed by atoms with Crippen LogP contribution < -0.4 is 5.46 Å². The second kappa shape index (κ2) is 2.61. The Morgan fingerprint density at radius 2 is 2.33 bits per heavy atom. The fraction of sp³-hybridized carbons (Fsp3) is 0. The van der Waals surface area contributed by atoms with Crippen LogP contribution in [0, 0.1) is 0 Å². The predicted octanol–water partition coefficient (Wildman–Crippen LogP) is -1.24. The third kappa shape index (κ3) is 1.52. The Bertz CT molecular complexity index is 231. The number of rotatable bonds is 1. The Balaban J connectivity index is 2.96. The molecule has 2 N–H and O–H groups in total. The first kappa shape index (κ1) is 4.96. The summed E-state index contributed by atoms with van der Waals surface area (Å²) in [4.78, 5) is 3.57. The van der Waals surface area contributed by atoms with Crippen molar-refractivity contribution >= 4 is 12.6 Å². The highest BCUT2D eigenvalue weighted by Crippen LogP contribution is 1.77. The van der Waals surface area contributed by atoms with E-state index in [1.165, 1.54) is 18.3 Å². The number of aromatic nitrogens is 1. The van der Waals surface area contributed by atoms with Gasteiger partial charge in [-0.1, -0.05) is 0 Å². The molecule has 0 aliphatic heterocycles. The van der Waals surface area contributed by atoms with Gasteiger partial charge in [-0.2, -0.15) is 0 Å². The van der Waals surface area contributed by atoms with E-state index in [1.807, 2.05) is 0 Å². The van der Waals surface area contributed by atoms with E-state index in [0.717, 1.165) is 0 Å². The van der Waals surface area contributed by atoms with Crippen LogP contribution in [-0.4, -0.2) is 22.2 Å². The van der Waals surface area contributed by atoms with Gasteiger partial charge in [0.1, 0.15) is 0 Å². The molecule has 0 saturated carbocycles. The Kier molecular flexibility index (Phi) is 1.44. The van der Waals surface area contributed by atoms with E-state index in [2.05, 4.69) is 4.98 Å². The van der Waals surface area contributed by atoms with Crippen LogP contribution in [0.5, 0.6) is 0 Å². The zero-order valence-electron chi connectivity index (χ0n) is 5.65. The summed E-state index contributed by atoms with van der Waals surface area (Å²) in [6, 6.07) is 2.74. The molecule has 0 aromatic carbocycles. The van der Waals surface area contributed by atoms with E-state index < -0.39 is 7.12 Å². The third-order valence-electron chi connectivity index (χ3n) is 0.945. The second-order valence-corrected chi connectivity index (χ2v) is 1.59. The van der Waals surface area contributed by atoms with E-state index in [4.69, 9.17) is 11.4 Å². The molecule has 3 nitrogen and oxygen atoms in total. The highest BCUT2D eigenvalue weighted by Gasteiger charge is 2.07. The van der Waals surface area contributed by atoms with Gasteiger partial charge in [0.05, 0.1) is 1.37 Å². The van der Waals surface area contributed by atoms with E-state index >= 15 is 0 Å². The van der Waals surface area contributed by atoms with Crippen molar-refractivity contribution in [2.24, 2.45) is 0 Å². The zero-order chi connectivity index (χ0) is 7.56. The van der Waals surface area contributed by atoms with Gasteiger partial charge in [-0.05, 0) is 17.6 Å². The van der Waals surface area contributed by atoms with Crippen LogP contribution >= 0.6 is 0 Å². The molecule has 0 unspecified atom stereocenters. The molecule has 0 spiro atoms.